The van der Waals surface area contributed by atoms with E-state index in [2.05, 4.69) is 46.2 Å². The number of aromatic nitrogens is 1. The van der Waals surface area contributed by atoms with Gasteiger partial charge < -0.3 is 19.5 Å². The molecule has 2 saturated heterocycles. The van der Waals surface area contributed by atoms with Gasteiger partial charge in [0.15, 0.2) is 0 Å². The lowest BCUT2D eigenvalue weighted by atomic mass is 9.74. The van der Waals surface area contributed by atoms with Crippen LogP contribution >= 0.6 is 0 Å². The van der Waals surface area contributed by atoms with Crippen molar-refractivity contribution in [2.45, 2.75) is 51.5 Å². The van der Waals surface area contributed by atoms with Crippen LogP contribution in [0.4, 0.5) is 0 Å². The molecule has 0 atom stereocenters. The third-order valence-electron chi connectivity index (χ3n) is 8.91. The minimum absolute atomic E-state index is 0.633. The van der Waals surface area contributed by atoms with Crippen molar-refractivity contribution >= 4 is 16.9 Å². The second kappa shape index (κ2) is 13.6. The zero-order chi connectivity index (χ0) is 27.8. The number of ether oxygens (including phenoxy) is 2. The van der Waals surface area contributed by atoms with Crippen LogP contribution in [0.2, 0.25) is 0 Å². The van der Waals surface area contributed by atoms with Gasteiger partial charge >= 0.3 is 5.97 Å². The van der Waals surface area contributed by atoms with E-state index in [1.54, 1.807) is 7.11 Å². The lowest BCUT2D eigenvalue weighted by molar-refractivity contribution is -0.152. The molecule has 1 aromatic heterocycles. The number of piperidine rings is 1. The molecule has 2 fully saturated rings. The number of carboxylic acids is 1. The molecule has 0 radical (unpaired) electrons. The van der Waals surface area contributed by atoms with Crippen molar-refractivity contribution in [2.24, 2.45) is 5.41 Å². The average Bonchev–Trinajstić information content (AvgIpc) is 2.99. The van der Waals surface area contributed by atoms with E-state index in [1.807, 2.05) is 18.3 Å². The van der Waals surface area contributed by atoms with Gasteiger partial charge in [0, 0.05) is 31.2 Å². The first-order chi connectivity index (χ1) is 19.6. The summed E-state index contributed by atoms with van der Waals surface area (Å²) in [4.78, 5) is 22.2. The molecule has 0 unspecified atom stereocenters. The Balaban J connectivity index is 1.23. The summed E-state index contributed by atoms with van der Waals surface area (Å²) >= 11 is 0. The molecule has 0 saturated carbocycles. The smallest absolute Gasteiger partial charge is 0.309 e. The molecule has 0 bridgehead atoms. The van der Waals surface area contributed by atoms with E-state index < -0.39 is 11.4 Å². The fraction of sp³-hybridized carbons (Fsp3) is 0.515. The molecule has 7 heteroatoms. The van der Waals surface area contributed by atoms with E-state index in [9.17, 15) is 9.90 Å². The van der Waals surface area contributed by atoms with Gasteiger partial charge in [-0.05, 0) is 99.5 Å². The molecule has 0 amide bonds. The number of nitrogens with zero attached hydrogens (tertiary/aromatic N) is 3. The highest BCUT2D eigenvalue weighted by Gasteiger charge is 2.40. The number of benzene rings is 2. The largest absolute Gasteiger partial charge is 0.497 e. The van der Waals surface area contributed by atoms with Crippen LogP contribution in [0.15, 0.2) is 54.7 Å². The summed E-state index contributed by atoms with van der Waals surface area (Å²) in [6, 6.07) is 16.7. The van der Waals surface area contributed by atoms with Crippen molar-refractivity contribution in [1.29, 1.82) is 0 Å². The average molecular weight is 546 g/mol. The zero-order valence-electron chi connectivity index (χ0n) is 23.8. The molecule has 5 rings (SSSR count). The van der Waals surface area contributed by atoms with Gasteiger partial charge in [-0.2, -0.15) is 0 Å². The Labute approximate surface area is 238 Å². The number of morpholine rings is 1. The topological polar surface area (TPSA) is 75.1 Å². The Morgan fingerprint density at radius 1 is 1.00 bits per heavy atom. The van der Waals surface area contributed by atoms with E-state index >= 15 is 0 Å². The number of hydrogen-bond acceptors (Lipinski definition) is 6. The van der Waals surface area contributed by atoms with Gasteiger partial charge in [-0.15, -0.1) is 0 Å². The summed E-state index contributed by atoms with van der Waals surface area (Å²) in [6.07, 6.45) is 8.01. The molecule has 40 heavy (non-hydrogen) atoms. The van der Waals surface area contributed by atoms with Crippen LogP contribution in [0.1, 0.15) is 48.8 Å². The molecular formula is C33H43N3O4. The number of carbonyl (C=O) groups is 1. The summed E-state index contributed by atoms with van der Waals surface area (Å²) < 4.78 is 11.1. The van der Waals surface area contributed by atoms with Gasteiger partial charge in [-0.1, -0.05) is 30.3 Å². The number of carboxylic acid groups (broad SMARTS) is 1. The molecular weight excluding hydrogens is 502 g/mol. The standard InChI is InChI=1S/C33H43N3O4/c1-39-28-11-12-31-30(23-28)29(27(24-34-31)25-36-19-21-40-22-20-36)10-5-13-33(32(37)38)14-17-35(18-15-33)16-6-9-26-7-3-2-4-8-26/h2-4,7-8,11-12,23-24H,5-6,9-10,13-22,25H2,1H3,(H,37,38). The normalized spacial score (nSPS) is 18.1. The maximum absolute atomic E-state index is 12.6. The van der Waals surface area contributed by atoms with Gasteiger partial charge in [0.05, 0.1) is 31.3 Å². The maximum atomic E-state index is 12.6. The lowest BCUT2D eigenvalue weighted by Gasteiger charge is -2.39. The number of rotatable bonds is 12. The first-order valence-corrected chi connectivity index (χ1v) is 14.8. The Bertz CT molecular complexity index is 1250. The summed E-state index contributed by atoms with van der Waals surface area (Å²) in [5.41, 5.74) is 4.18. The molecule has 3 heterocycles. The molecule has 214 valence electrons. The van der Waals surface area contributed by atoms with Crippen molar-refractivity contribution in [3.05, 3.63) is 71.4 Å². The van der Waals surface area contributed by atoms with Crippen LogP contribution in [0, 0.1) is 5.41 Å². The summed E-state index contributed by atoms with van der Waals surface area (Å²) in [5.74, 6) is 0.187. The minimum atomic E-state index is -0.638. The fourth-order valence-electron chi connectivity index (χ4n) is 6.36. The highest BCUT2D eigenvalue weighted by molar-refractivity contribution is 5.84. The molecule has 0 spiro atoms. The highest BCUT2D eigenvalue weighted by Crippen LogP contribution is 2.38. The molecule has 3 aromatic rings. The third-order valence-corrected chi connectivity index (χ3v) is 8.91. The van der Waals surface area contributed by atoms with Crippen molar-refractivity contribution in [2.75, 3.05) is 53.0 Å². The van der Waals surface area contributed by atoms with Crippen molar-refractivity contribution in [3.8, 4) is 5.75 Å². The quantitative estimate of drug-likeness (QED) is 0.335. The minimum Gasteiger partial charge on any atom is -0.497 e. The van der Waals surface area contributed by atoms with Crippen LogP contribution in [0.3, 0.4) is 0 Å². The predicted octanol–water partition coefficient (Wildman–Crippen LogP) is 5.20. The number of aliphatic carboxylic acids is 1. The van der Waals surface area contributed by atoms with Crippen molar-refractivity contribution in [1.82, 2.24) is 14.8 Å². The van der Waals surface area contributed by atoms with E-state index in [-0.39, 0.29) is 0 Å². The van der Waals surface area contributed by atoms with Gasteiger partial charge in [0.2, 0.25) is 0 Å². The predicted molar refractivity (Wildman–Crippen MR) is 158 cm³/mol. The molecule has 7 nitrogen and oxygen atoms in total. The van der Waals surface area contributed by atoms with E-state index in [0.717, 1.165) is 108 Å². The van der Waals surface area contributed by atoms with Crippen LogP contribution in [-0.4, -0.2) is 78.9 Å². The Morgan fingerprint density at radius 2 is 1.77 bits per heavy atom. The molecule has 2 aromatic carbocycles. The number of fused-ring (bicyclic) bond motifs is 1. The lowest BCUT2D eigenvalue weighted by Crippen LogP contribution is -2.44. The van der Waals surface area contributed by atoms with Gasteiger partial charge in [0.1, 0.15) is 5.75 Å². The van der Waals surface area contributed by atoms with E-state index in [4.69, 9.17) is 14.5 Å². The van der Waals surface area contributed by atoms with Crippen LogP contribution in [0.5, 0.6) is 5.75 Å². The third kappa shape index (κ3) is 7.00. The Morgan fingerprint density at radius 3 is 2.50 bits per heavy atom. The number of aryl methyl sites for hydroxylation is 2. The molecule has 0 aliphatic carbocycles. The molecule has 2 aliphatic heterocycles. The fourth-order valence-corrected chi connectivity index (χ4v) is 6.36. The van der Waals surface area contributed by atoms with E-state index in [0.29, 0.717) is 6.42 Å². The number of likely N-dealkylation sites (tertiary alicyclic amines) is 1. The second-order valence-corrected chi connectivity index (χ2v) is 11.4. The van der Waals surface area contributed by atoms with E-state index in [1.165, 1.54) is 16.7 Å². The molecule has 1 N–H and O–H groups in total. The van der Waals surface area contributed by atoms with Crippen LogP contribution in [-0.2, 0) is 28.9 Å². The monoisotopic (exact) mass is 545 g/mol. The van der Waals surface area contributed by atoms with Gasteiger partial charge in [-0.25, -0.2) is 0 Å². The first kappa shape index (κ1) is 28.5. The number of methoxy groups -OCH3 is 1. The second-order valence-electron chi connectivity index (χ2n) is 11.4. The summed E-state index contributed by atoms with van der Waals surface area (Å²) in [7, 11) is 1.69. The molecule has 2 aliphatic rings. The summed E-state index contributed by atoms with van der Waals surface area (Å²) in [6.45, 7) is 6.93. The van der Waals surface area contributed by atoms with Crippen molar-refractivity contribution in [3.63, 3.8) is 0 Å². The van der Waals surface area contributed by atoms with Crippen LogP contribution in [0.25, 0.3) is 10.9 Å². The number of pyridine rings is 1. The van der Waals surface area contributed by atoms with Gasteiger partial charge in [0.25, 0.3) is 0 Å². The Hall–Kier alpha value is -3.00. The van der Waals surface area contributed by atoms with Crippen molar-refractivity contribution < 1.29 is 19.4 Å². The highest BCUT2D eigenvalue weighted by atomic mass is 16.5. The zero-order valence-corrected chi connectivity index (χ0v) is 23.8. The SMILES string of the molecule is COc1ccc2ncc(CN3CCOCC3)c(CCCC3(C(=O)O)CCN(CCCc4ccccc4)CC3)c2c1. The Kier molecular flexibility index (Phi) is 9.68. The van der Waals surface area contributed by atoms with Gasteiger partial charge in [-0.3, -0.25) is 14.7 Å². The number of hydrogen-bond donors (Lipinski definition) is 1. The summed E-state index contributed by atoms with van der Waals surface area (Å²) in [5, 5.41) is 11.5. The first-order valence-electron chi connectivity index (χ1n) is 14.8. The van der Waals surface area contributed by atoms with Crippen LogP contribution < -0.4 is 4.74 Å². The maximum Gasteiger partial charge on any atom is 0.309 e.